The lowest BCUT2D eigenvalue weighted by atomic mass is 9.50. The smallest absolute Gasteiger partial charge is 0.166 e. The van der Waals surface area contributed by atoms with Crippen LogP contribution in [0.4, 0.5) is 0 Å². The summed E-state index contributed by atoms with van der Waals surface area (Å²) >= 11 is 0. The third kappa shape index (κ3) is 6.36. The molecule has 0 aromatic heterocycles. The van der Waals surface area contributed by atoms with E-state index in [0.717, 1.165) is 118 Å². The van der Waals surface area contributed by atoms with E-state index in [1.54, 1.807) is 13.8 Å². The fraction of sp³-hybridized carbons (Fsp3) is 0.647. The van der Waals surface area contributed by atoms with E-state index >= 15 is 0 Å². The molecule has 310 valence electrons. The minimum atomic E-state index is -1.44. The minimum Gasteiger partial charge on any atom is -0.377 e. The SMILES string of the molecule is CC(=O)C1=C(CS(=O)c2ccccc2)C[C@H]2[C@@H]3CCC4=CC(=O)C(CCC/C=C5\C[C@H]6[C@@H]7CCC8=CC(=O)CC[C@@H]8[C@H]7CC[C@]6(C)[C@]5(O)C(C)=O)C[C@@H]4[C@H]3CC[C@]12C. The molecule has 6 nitrogen and oxygen atoms in total. The third-order valence-corrected chi connectivity index (χ3v) is 19.5. The van der Waals surface area contributed by atoms with Crippen molar-refractivity contribution in [1.29, 1.82) is 0 Å². The molecule has 1 aromatic rings. The van der Waals surface area contributed by atoms with Crippen LogP contribution in [0.3, 0.4) is 0 Å². The van der Waals surface area contributed by atoms with Crippen LogP contribution < -0.4 is 0 Å². The molecule has 2 unspecified atom stereocenters. The highest BCUT2D eigenvalue weighted by Gasteiger charge is 2.66. The van der Waals surface area contributed by atoms with Gasteiger partial charge in [0.25, 0.3) is 0 Å². The number of unbranched alkanes of at least 4 members (excludes halogenated alkanes) is 1. The quantitative estimate of drug-likeness (QED) is 0.197. The second-order valence-electron chi connectivity index (χ2n) is 20.5. The molecule has 0 spiro atoms. The van der Waals surface area contributed by atoms with Crippen LogP contribution in [0, 0.1) is 64.1 Å². The van der Waals surface area contributed by atoms with E-state index in [2.05, 4.69) is 19.9 Å². The second-order valence-corrected chi connectivity index (χ2v) is 22.0. The maximum Gasteiger partial charge on any atom is 0.166 e. The molecule has 0 amide bonds. The first-order chi connectivity index (χ1) is 27.7. The predicted molar refractivity (Wildman–Crippen MR) is 227 cm³/mol. The van der Waals surface area contributed by atoms with Gasteiger partial charge in [0.2, 0.25) is 0 Å². The third-order valence-electron chi connectivity index (χ3n) is 18.0. The lowest BCUT2D eigenvalue weighted by Gasteiger charge is -2.55. The molecule has 9 rings (SSSR count). The largest absolute Gasteiger partial charge is 0.377 e. The van der Waals surface area contributed by atoms with Gasteiger partial charge in [-0.25, -0.2) is 0 Å². The monoisotopic (exact) mass is 804 g/mol. The Hall–Kier alpha value is -3.03. The molecule has 1 aromatic carbocycles. The number of hydrogen-bond acceptors (Lipinski definition) is 6. The minimum absolute atomic E-state index is 0.0134. The van der Waals surface area contributed by atoms with Crippen LogP contribution in [0.15, 0.2) is 81.3 Å². The summed E-state index contributed by atoms with van der Waals surface area (Å²) in [4.78, 5) is 53.5. The molecule has 8 aliphatic rings. The number of hydrogen-bond donors (Lipinski definition) is 1. The van der Waals surface area contributed by atoms with Crippen LogP contribution in [0.2, 0.25) is 0 Å². The lowest BCUT2D eigenvalue weighted by molar-refractivity contribution is -0.152. The second kappa shape index (κ2) is 15.2. The summed E-state index contributed by atoms with van der Waals surface area (Å²) in [5, 5.41) is 12.4. The molecule has 1 N–H and O–H groups in total. The van der Waals surface area contributed by atoms with Crippen LogP contribution in [0.25, 0.3) is 0 Å². The Bertz CT molecular complexity index is 2060. The number of benzene rings is 1. The van der Waals surface area contributed by atoms with Gasteiger partial charge in [-0.3, -0.25) is 23.4 Å². The zero-order chi connectivity index (χ0) is 40.7. The van der Waals surface area contributed by atoms with E-state index in [-0.39, 0.29) is 40.4 Å². The Morgan fingerprint density at radius 2 is 1.52 bits per heavy atom. The van der Waals surface area contributed by atoms with Gasteiger partial charge in [0, 0.05) is 34.0 Å². The maximum atomic E-state index is 13.7. The molecule has 5 fully saturated rings. The van der Waals surface area contributed by atoms with Crippen LogP contribution >= 0.6 is 0 Å². The van der Waals surface area contributed by atoms with Crippen molar-refractivity contribution in [3.05, 3.63) is 76.4 Å². The highest BCUT2D eigenvalue weighted by Crippen LogP contribution is 2.67. The van der Waals surface area contributed by atoms with Gasteiger partial charge in [0.15, 0.2) is 23.1 Å². The van der Waals surface area contributed by atoms with Gasteiger partial charge in [-0.2, -0.15) is 0 Å². The summed E-state index contributed by atoms with van der Waals surface area (Å²) in [6.07, 6.45) is 20.5. The number of Topliss-reactive ketones (excluding diaryl/α,β-unsaturated/α-hetero) is 2. The van der Waals surface area contributed by atoms with Crippen LogP contribution in [-0.2, 0) is 30.0 Å². The standard InChI is InChI=1S/C51H64O6S/c1-30(52)48-35(29-58(57)38-12-6-5-7-13-38)26-45-42-17-15-33-27-47(55)34(25-44(33)41(42)20-22-49(45,48)3)10-8-9-11-36-28-46-43-18-14-32-24-37(54)16-19-39(32)40(43)21-23-50(46,4)51(36,56)31(2)53/h5-7,11-13,24,27,34,39-46,56H,8-10,14-23,25-26,28-29H2,1-4H3/b36-11+/t34?,39-,40+,41-,42+,43+,44-,45-,46-,49-,50-,51-,58?/m0/s1. The molecule has 8 aliphatic carbocycles. The van der Waals surface area contributed by atoms with Crippen molar-refractivity contribution >= 4 is 33.9 Å². The predicted octanol–water partition coefficient (Wildman–Crippen LogP) is 9.83. The summed E-state index contributed by atoms with van der Waals surface area (Å²) in [5.41, 5.74) is 3.54. The highest BCUT2D eigenvalue weighted by atomic mass is 32.2. The van der Waals surface area contributed by atoms with Crippen molar-refractivity contribution < 1.29 is 28.5 Å². The number of fused-ring (bicyclic) bond motifs is 10. The highest BCUT2D eigenvalue weighted by molar-refractivity contribution is 7.85. The number of carbonyl (C=O) groups is 4. The topological polar surface area (TPSA) is 106 Å². The van der Waals surface area contributed by atoms with Gasteiger partial charge < -0.3 is 5.11 Å². The summed E-state index contributed by atoms with van der Waals surface area (Å²) in [6, 6.07) is 9.63. The summed E-state index contributed by atoms with van der Waals surface area (Å²) in [5.74, 6) is 4.43. The van der Waals surface area contributed by atoms with Gasteiger partial charge in [-0.15, -0.1) is 0 Å². The Morgan fingerprint density at radius 3 is 2.24 bits per heavy atom. The first-order valence-electron chi connectivity index (χ1n) is 22.8. The fourth-order valence-corrected chi connectivity index (χ4v) is 16.7. The van der Waals surface area contributed by atoms with Crippen LogP contribution in [0.5, 0.6) is 0 Å². The molecular weight excluding hydrogens is 741 g/mol. The average Bonchev–Trinajstić information content (AvgIpc) is 3.63. The molecule has 0 aliphatic heterocycles. The average molecular weight is 805 g/mol. The number of allylic oxidation sites excluding steroid dienone is 5. The van der Waals surface area contributed by atoms with Gasteiger partial charge in [-0.05, 0) is 198 Å². The van der Waals surface area contributed by atoms with Gasteiger partial charge >= 0.3 is 0 Å². The van der Waals surface area contributed by atoms with Crippen LogP contribution in [0.1, 0.15) is 130 Å². The molecule has 13 atom stereocenters. The van der Waals surface area contributed by atoms with Gasteiger partial charge in [0.1, 0.15) is 5.60 Å². The van der Waals surface area contributed by atoms with E-state index in [9.17, 15) is 28.5 Å². The van der Waals surface area contributed by atoms with Crippen molar-refractivity contribution in [3.63, 3.8) is 0 Å². The number of rotatable bonds is 9. The molecule has 58 heavy (non-hydrogen) atoms. The van der Waals surface area contributed by atoms with E-state index in [0.29, 0.717) is 53.6 Å². The number of aliphatic hydroxyl groups is 1. The molecule has 5 saturated carbocycles. The van der Waals surface area contributed by atoms with Gasteiger partial charge in [-0.1, -0.05) is 49.3 Å². The van der Waals surface area contributed by atoms with Crippen molar-refractivity contribution in [2.75, 3.05) is 5.75 Å². The Labute approximate surface area is 348 Å². The van der Waals surface area contributed by atoms with Crippen molar-refractivity contribution in [3.8, 4) is 0 Å². The van der Waals surface area contributed by atoms with Crippen molar-refractivity contribution in [2.45, 2.75) is 141 Å². The van der Waals surface area contributed by atoms with Crippen molar-refractivity contribution in [1.82, 2.24) is 0 Å². The molecule has 0 radical (unpaired) electrons. The molecule has 0 heterocycles. The molecule has 7 heteroatoms. The van der Waals surface area contributed by atoms with Crippen LogP contribution in [-0.4, -0.2) is 43.8 Å². The van der Waals surface area contributed by atoms with E-state index < -0.39 is 21.8 Å². The van der Waals surface area contributed by atoms with E-state index in [4.69, 9.17) is 0 Å². The summed E-state index contributed by atoms with van der Waals surface area (Å²) in [7, 11) is -1.19. The Kier molecular flexibility index (Phi) is 10.5. The van der Waals surface area contributed by atoms with Crippen molar-refractivity contribution in [2.24, 2.45) is 64.1 Å². The fourth-order valence-electron chi connectivity index (χ4n) is 15.5. The van der Waals surface area contributed by atoms with E-state index in [1.165, 1.54) is 11.1 Å². The lowest BCUT2D eigenvalue weighted by Crippen LogP contribution is -2.56. The Balaban J connectivity index is 0.869. The number of ketones is 4. The number of carbonyl (C=O) groups excluding carboxylic acids is 4. The normalized spacial score (nSPS) is 41.7. The summed E-state index contributed by atoms with van der Waals surface area (Å²) in [6.45, 7) is 7.77. The zero-order valence-corrected chi connectivity index (χ0v) is 36.0. The maximum absolute atomic E-state index is 13.7. The summed E-state index contributed by atoms with van der Waals surface area (Å²) < 4.78 is 13.5. The zero-order valence-electron chi connectivity index (χ0n) is 35.2. The van der Waals surface area contributed by atoms with Gasteiger partial charge in [0.05, 0.1) is 10.8 Å². The van der Waals surface area contributed by atoms with E-state index in [1.807, 2.05) is 42.5 Å². The Morgan fingerprint density at radius 1 is 0.828 bits per heavy atom. The molecule has 0 saturated heterocycles. The molecular formula is C51H64O6S. The first kappa shape index (κ1) is 40.4. The first-order valence-corrected chi connectivity index (χ1v) is 24.1. The molecule has 0 bridgehead atoms.